The summed E-state index contributed by atoms with van der Waals surface area (Å²) >= 11 is 0. The maximum Gasteiger partial charge on any atom is 0.320 e. The molecule has 5 nitrogen and oxygen atoms in total. The summed E-state index contributed by atoms with van der Waals surface area (Å²) in [7, 11) is 0. The fourth-order valence-electron chi connectivity index (χ4n) is 2.99. The Balaban J connectivity index is 2.30. The summed E-state index contributed by atoms with van der Waals surface area (Å²) in [5, 5.41) is 0. The van der Waals surface area contributed by atoms with Crippen molar-refractivity contribution in [2.24, 2.45) is 11.8 Å². The molecule has 0 heterocycles. The van der Waals surface area contributed by atoms with Crippen molar-refractivity contribution in [1.82, 2.24) is 0 Å². The fraction of sp³-hybridized carbons (Fsp3) is 0.364. The number of anilines is 2. The van der Waals surface area contributed by atoms with Crippen LogP contribution in [0.4, 0.5) is 11.4 Å². The van der Waals surface area contributed by atoms with Crippen LogP contribution in [0, 0.1) is 11.8 Å². The van der Waals surface area contributed by atoms with E-state index in [1.807, 2.05) is 67.6 Å². The third-order valence-corrected chi connectivity index (χ3v) is 4.26. The van der Waals surface area contributed by atoms with Gasteiger partial charge < -0.3 is 14.4 Å². The van der Waals surface area contributed by atoms with Gasteiger partial charge in [0.05, 0.1) is 13.2 Å². The molecule has 1 atom stereocenters. The van der Waals surface area contributed by atoms with E-state index in [4.69, 9.17) is 9.47 Å². The first kappa shape index (κ1) is 20.5. The van der Waals surface area contributed by atoms with Crippen molar-refractivity contribution in [2.45, 2.75) is 20.8 Å². The lowest BCUT2D eigenvalue weighted by Gasteiger charge is -2.30. The summed E-state index contributed by atoms with van der Waals surface area (Å²) in [5.41, 5.74) is 1.98. The summed E-state index contributed by atoms with van der Waals surface area (Å²) in [4.78, 5) is 26.9. The first-order chi connectivity index (χ1) is 13.1. The fourth-order valence-corrected chi connectivity index (χ4v) is 2.99. The van der Waals surface area contributed by atoms with Gasteiger partial charge in [0, 0.05) is 17.9 Å². The minimum absolute atomic E-state index is 0.225. The summed E-state index contributed by atoms with van der Waals surface area (Å²) in [5.74, 6) is -2.34. The van der Waals surface area contributed by atoms with Crippen molar-refractivity contribution in [3.8, 4) is 0 Å². The van der Waals surface area contributed by atoms with Crippen molar-refractivity contribution in [3.05, 3.63) is 60.7 Å². The minimum atomic E-state index is -0.958. The zero-order chi connectivity index (χ0) is 19.6. The minimum Gasteiger partial charge on any atom is -0.465 e. The highest BCUT2D eigenvalue weighted by Gasteiger charge is 2.36. The Labute approximate surface area is 160 Å². The molecule has 0 saturated heterocycles. The molecule has 0 aliphatic rings. The van der Waals surface area contributed by atoms with Crippen molar-refractivity contribution >= 4 is 23.3 Å². The molecule has 5 heteroatoms. The second-order valence-corrected chi connectivity index (χ2v) is 6.24. The van der Waals surface area contributed by atoms with E-state index in [0.29, 0.717) is 6.54 Å². The van der Waals surface area contributed by atoms with Crippen LogP contribution in [0.15, 0.2) is 60.7 Å². The second-order valence-electron chi connectivity index (χ2n) is 6.24. The van der Waals surface area contributed by atoms with E-state index >= 15 is 0 Å². The Kier molecular flexibility index (Phi) is 7.86. The molecule has 0 aliphatic carbocycles. The van der Waals surface area contributed by atoms with Gasteiger partial charge in [-0.15, -0.1) is 0 Å². The van der Waals surface area contributed by atoms with E-state index in [9.17, 15) is 9.59 Å². The molecular weight excluding hydrogens is 342 g/mol. The average molecular weight is 369 g/mol. The topological polar surface area (TPSA) is 55.8 Å². The monoisotopic (exact) mass is 369 g/mol. The smallest absolute Gasteiger partial charge is 0.320 e. The predicted molar refractivity (Wildman–Crippen MR) is 106 cm³/mol. The molecule has 0 aliphatic heterocycles. The molecular formula is C22H27NO4. The Hall–Kier alpha value is -2.82. The van der Waals surface area contributed by atoms with Gasteiger partial charge in [-0.1, -0.05) is 43.3 Å². The van der Waals surface area contributed by atoms with E-state index < -0.39 is 17.9 Å². The van der Waals surface area contributed by atoms with Crippen molar-refractivity contribution in [3.63, 3.8) is 0 Å². The zero-order valence-electron chi connectivity index (χ0n) is 16.1. The standard InChI is InChI=1S/C22H27NO4/c1-4-26-21(24)20(22(25)27-5-2)17(3)16-23(18-12-8-6-9-13-18)19-14-10-7-11-15-19/h6-15,17,20H,4-5,16H2,1-3H3. The quantitative estimate of drug-likeness (QED) is 0.490. The van der Waals surface area contributed by atoms with Gasteiger partial charge >= 0.3 is 11.9 Å². The van der Waals surface area contributed by atoms with Crippen molar-refractivity contribution in [2.75, 3.05) is 24.7 Å². The Morgan fingerprint density at radius 3 is 1.59 bits per heavy atom. The molecule has 0 saturated carbocycles. The van der Waals surface area contributed by atoms with Gasteiger partial charge in [-0.2, -0.15) is 0 Å². The number of carbonyl (C=O) groups excluding carboxylic acids is 2. The van der Waals surface area contributed by atoms with Crippen LogP contribution in [-0.4, -0.2) is 31.7 Å². The second kappa shape index (κ2) is 10.4. The largest absolute Gasteiger partial charge is 0.465 e. The Bertz CT molecular complexity index is 660. The number of carbonyl (C=O) groups is 2. The zero-order valence-corrected chi connectivity index (χ0v) is 16.1. The van der Waals surface area contributed by atoms with Crippen LogP contribution in [0.5, 0.6) is 0 Å². The molecule has 2 aromatic rings. The number of benzene rings is 2. The summed E-state index contributed by atoms with van der Waals surface area (Å²) in [6.07, 6.45) is 0. The number of esters is 2. The predicted octanol–water partition coefficient (Wildman–Crippen LogP) is 4.20. The van der Waals surface area contributed by atoms with Gasteiger partial charge in [0.25, 0.3) is 0 Å². The molecule has 27 heavy (non-hydrogen) atoms. The normalized spacial score (nSPS) is 11.7. The van der Waals surface area contributed by atoms with Crippen LogP contribution in [0.25, 0.3) is 0 Å². The Morgan fingerprint density at radius 1 is 0.815 bits per heavy atom. The number of nitrogens with zero attached hydrogens (tertiary/aromatic N) is 1. The molecule has 1 unspecified atom stereocenters. The van der Waals surface area contributed by atoms with Crippen LogP contribution in [0.3, 0.4) is 0 Å². The third kappa shape index (κ3) is 5.58. The number of hydrogen-bond acceptors (Lipinski definition) is 5. The van der Waals surface area contributed by atoms with E-state index in [1.54, 1.807) is 13.8 Å². The number of hydrogen-bond donors (Lipinski definition) is 0. The molecule has 2 aromatic carbocycles. The lowest BCUT2D eigenvalue weighted by molar-refractivity contribution is -0.163. The van der Waals surface area contributed by atoms with E-state index in [1.165, 1.54) is 0 Å². The molecule has 0 fully saturated rings. The highest BCUT2D eigenvalue weighted by molar-refractivity contribution is 5.95. The van der Waals surface area contributed by atoms with E-state index in [2.05, 4.69) is 4.90 Å². The van der Waals surface area contributed by atoms with Crippen molar-refractivity contribution in [1.29, 1.82) is 0 Å². The van der Waals surface area contributed by atoms with Crippen LogP contribution >= 0.6 is 0 Å². The maximum atomic E-state index is 12.4. The molecule has 0 amide bonds. The van der Waals surface area contributed by atoms with Gasteiger partial charge in [-0.25, -0.2) is 0 Å². The number of ether oxygens (including phenoxy) is 2. The first-order valence-electron chi connectivity index (χ1n) is 9.29. The van der Waals surface area contributed by atoms with Crippen LogP contribution < -0.4 is 4.90 Å². The molecule has 0 spiro atoms. The van der Waals surface area contributed by atoms with Gasteiger partial charge in [0.15, 0.2) is 5.92 Å². The first-order valence-corrected chi connectivity index (χ1v) is 9.29. The molecule has 0 aromatic heterocycles. The number of rotatable bonds is 9. The lowest BCUT2D eigenvalue weighted by atomic mass is 9.93. The van der Waals surface area contributed by atoms with Gasteiger partial charge in [-0.3, -0.25) is 9.59 Å². The van der Waals surface area contributed by atoms with Crippen LogP contribution in [0.1, 0.15) is 20.8 Å². The number of para-hydroxylation sites is 2. The van der Waals surface area contributed by atoms with Gasteiger partial charge in [-0.05, 0) is 44.0 Å². The van der Waals surface area contributed by atoms with Crippen molar-refractivity contribution < 1.29 is 19.1 Å². The molecule has 0 radical (unpaired) electrons. The van der Waals surface area contributed by atoms with E-state index in [-0.39, 0.29) is 19.1 Å². The lowest BCUT2D eigenvalue weighted by Crippen LogP contribution is -2.38. The molecule has 0 N–H and O–H groups in total. The molecule has 144 valence electrons. The highest BCUT2D eigenvalue weighted by Crippen LogP contribution is 2.28. The molecule has 0 bridgehead atoms. The SMILES string of the molecule is CCOC(=O)C(C(=O)OCC)C(C)CN(c1ccccc1)c1ccccc1. The maximum absolute atomic E-state index is 12.4. The van der Waals surface area contributed by atoms with E-state index in [0.717, 1.165) is 11.4 Å². The summed E-state index contributed by atoms with van der Waals surface area (Å²) in [6.45, 7) is 6.24. The molecule has 2 rings (SSSR count). The van der Waals surface area contributed by atoms with Crippen LogP contribution in [0.2, 0.25) is 0 Å². The van der Waals surface area contributed by atoms with Gasteiger partial charge in [0.2, 0.25) is 0 Å². The highest BCUT2D eigenvalue weighted by atomic mass is 16.6. The average Bonchev–Trinajstić information content (AvgIpc) is 2.68. The van der Waals surface area contributed by atoms with Gasteiger partial charge in [0.1, 0.15) is 0 Å². The van der Waals surface area contributed by atoms with Crippen LogP contribution in [-0.2, 0) is 19.1 Å². The Morgan fingerprint density at radius 2 is 1.22 bits per heavy atom. The summed E-state index contributed by atoms with van der Waals surface area (Å²) in [6, 6.07) is 19.8. The summed E-state index contributed by atoms with van der Waals surface area (Å²) < 4.78 is 10.3. The third-order valence-electron chi connectivity index (χ3n) is 4.26.